The molecular formula is C16H14Br2F2. The average molecular weight is 404 g/mol. The molecule has 0 bridgehead atoms. The summed E-state index contributed by atoms with van der Waals surface area (Å²) < 4.78 is 27.2. The quantitative estimate of drug-likeness (QED) is 0.576. The fourth-order valence-corrected chi connectivity index (χ4v) is 3.08. The molecular weight excluding hydrogens is 390 g/mol. The average Bonchev–Trinajstić information content (AvgIpc) is 2.43. The fraction of sp³-hybridized carbons (Fsp3) is 0.250. The van der Waals surface area contributed by atoms with Crippen molar-refractivity contribution in [2.45, 2.75) is 12.8 Å². The third-order valence-corrected chi connectivity index (χ3v) is 4.98. The Bertz CT molecular complexity index is 584. The van der Waals surface area contributed by atoms with E-state index in [0.29, 0.717) is 4.47 Å². The lowest BCUT2D eigenvalue weighted by atomic mass is 9.94. The maximum atomic E-state index is 13.5. The minimum absolute atomic E-state index is 0.220. The highest BCUT2D eigenvalue weighted by Crippen LogP contribution is 2.25. The molecule has 0 nitrogen and oxygen atoms in total. The van der Waals surface area contributed by atoms with Gasteiger partial charge < -0.3 is 0 Å². The summed E-state index contributed by atoms with van der Waals surface area (Å²) in [5, 5.41) is 0.784. The van der Waals surface area contributed by atoms with Gasteiger partial charge in [0.25, 0.3) is 0 Å². The van der Waals surface area contributed by atoms with Crippen LogP contribution in [0.4, 0.5) is 8.78 Å². The van der Waals surface area contributed by atoms with Gasteiger partial charge >= 0.3 is 0 Å². The van der Waals surface area contributed by atoms with Crippen molar-refractivity contribution >= 4 is 31.9 Å². The van der Waals surface area contributed by atoms with E-state index in [1.807, 2.05) is 12.1 Å². The van der Waals surface area contributed by atoms with E-state index in [1.54, 1.807) is 18.2 Å². The molecule has 0 saturated carbocycles. The molecule has 0 aromatic heterocycles. The van der Waals surface area contributed by atoms with Crippen molar-refractivity contribution < 1.29 is 8.78 Å². The zero-order valence-corrected chi connectivity index (χ0v) is 13.9. The Hall–Kier alpha value is -0.740. The molecule has 0 fully saturated rings. The molecule has 1 unspecified atom stereocenters. The first-order chi connectivity index (χ1) is 9.60. The number of alkyl halides is 1. The summed E-state index contributed by atoms with van der Waals surface area (Å²) in [6.45, 7) is 0. The van der Waals surface area contributed by atoms with E-state index < -0.39 is 0 Å². The monoisotopic (exact) mass is 402 g/mol. The summed E-state index contributed by atoms with van der Waals surface area (Å²) in [5.74, 6) is -0.181. The maximum Gasteiger partial charge on any atom is 0.137 e. The number of rotatable bonds is 5. The first-order valence-electron chi connectivity index (χ1n) is 6.33. The predicted molar refractivity (Wildman–Crippen MR) is 85.2 cm³/mol. The topological polar surface area (TPSA) is 0 Å². The molecule has 2 aromatic rings. The van der Waals surface area contributed by atoms with Crippen LogP contribution >= 0.6 is 31.9 Å². The van der Waals surface area contributed by atoms with Crippen molar-refractivity contribution in [1.29, 1.82) is 0 Å². The lowest BCUT2D eigenvalue weighted by molar-refractivity contribution is 0.573. The minimum Gasteiger partial charge on any atom is -0.207 e. The van der Waals surface area contributed by atoms with Gasteiger partial charge in [-0.05, 0) is 64.0 Å². The van der Waals surface area contributed by atoms with Crippen LogP contribution in [0.25, 0.3) is 0 Å². The first kappa shape index (κ1) is 15.6. The molecule has 0 saturated heterocycles. The van der Waals surface area contributed by atoms with E-state index in [0.717, 1.165) is 29.3 Å². The van der Waals surface area contributed by atoms with Gasteiger partial charge in [0, 0.05) is 5.33 Å². The summed E-state index contributed by atoms with van der Waals surface area (Å²) in [4.78, 5) is 0. The molecule has 2 aromatic carbocycles. The second-order valence-electron chi connectivity index (χ2n) is 4.77. The predicted octanol–water partition coefficient (Wildman–Crippen LogP) is 5.52. The summed E-state index contributed by atoms with van der Waals surface area (Å²) in [6.07, 6.45) is 1.49. The third-order valence-electron chi connectivity index (χ3n) is 3.17. The van der Waals surface area contributed by atoms with Crippen molar-refractivity contribution in [2.24, 2.45) is 5.92 Å². The van der Waals surface area contributed by atoms with Crippen LogP contribution in [0.15, 0.2) is 46.9 Å². The van der Waals surface area contributed by atoms with Gasteiger partial charge in [-0.1, -0.05) is 40.2 Å². The Morgan fingerprint density at radius 2 is 1.75 bits per heavy atom. The summed E-state index contributed by atoms with van der Waals surface area (Å²) in [7, 11) is 0. The van der Waals surface area contributed by atoms with Gasteiger partial charge in [-0.25, -0.2) is 8.78 Å². The van der Waals surface area contributed by atoms with Gasteiger partial charge in [-0.2, -0.15) is 0 Å². The van der Waals surface area contributed by atoms with Crippen LogP contribution in [0.1, 0.15) is 11.1 Å². The van der Waals surface area contributed by atoms with E-state index in [1.165, 1.54) is 12.1 Å². The Morgan fingerprint density at radius 3 is 2.45 bits per heavy atom. The van der Waals surface area contributed by atoms with Crippen LogP contribution in [-0.2, 0) is 12.8 Å². The van der Waals surface area contributed by atoms with Crippen LogP contribution in [-0.4, -0.2) is 5.33 Å². The van der Waals surface area contributed by atoms with Crippen LogP contribution in [0, 0.1) is 17.6 Å². The van der Waals surface area contributed by atoms with Crippen LogP contribution in [0.5, 0.6) is 0 Å². The minimum atomic E-state index is -0.249. The fourth-order valence-electron chi connectivity index (χ4n) is 2.20. The maximum absolute atomic E-state index is 13.5. The highest BCUT2D eigenvalue weighted by molar-refractivity contribution is 9.10. The molecule has 0 heterocycles. The Balaban J connectivity index is 2.11. The SMILES string of the molecule is Fc1cccc(CC(CBr)Cc2cccc(F)c2Br)c1. The Morgan fingerprint density at radius 1 is 1.00 bits per heavy atom. The zero-order chi connectivity index (χ0) is 14.5. The van der Waals surface area contributed by atoms with Crippen LogP contribution < -0.4 is 0 Å². The van der Waals surface area contributed by atoms with E-state index >= 15 is 0 Å². The van der Waals surface area contributed by atoms with E-state index in [2.05, 4.69) is 31.9 Å². The molecule has 1 atom stereocenters. The molecule has 4 heteroatoms. The van der Waals surface area contributed by atoms with Gasteiger partial charge in [0.2, 0.25) is 0 Å². The highest BCUT2D eigenvalue weighted by Gasteiger charge is 2.13. The van der Waals surface area contributed by atoms with Gasteiger partial charge in [-0.3, -0.25) is 0 Å². The first-order valence-corrected chi connectivity index (χ1v) is 8.25. The molecule has 106 valence electrons. The van der Waals surface area contributed by atoms with Gasteiger partial charge in [-0.15, -0.1) is 0 Å². The molecule has 0 radical (unpaired) electrons. The second kappa shape index (κ2) is 7.32. The Kier molecular flexibility index (Phi) is 5.73. The largest absolute Gasteiger partial charge is 0.207 e. The third kappa shape index (κ3) is 4.13. The molecule has 0 aliphatic carbocycles. The summed E-state index contributed by atoms with van der Waals surface area (Å²) in [6, 6.07) is 11.7. The Labute approximate surface area is 134 Å². The van der Waals surface area contributed by atoms with Crippen LogP contribution in [0.2, 0.25) is 0 Å². The van der Waals surface area contributed by atoms with Crippen molar-refractivity contribution in [3.8, 4) is 0 Å². The van der Waals surface area contributed by atoms with E-state index in [9.17, 15) is 8.78 Å². The summed E-state index contributed by atoms with van der Waals surface area (Å²) >= 11 is 6.77. The lowest BCUT2D eigenvalue weighted by Crippen LogP contribution is -2.10. The highest BCUT2D eigenvalue weighted by atomic mass is 79.9. The number of hydrogen-bond donors (Lipinski definition) is 0. The van der Waals surface area contributed by atoms with E-state index in [4.69, 9.17) is 0 Å². The molecule has 2 rings (SSSR count). The lowest BCUT2D eigenvalue weighted by Gasteiger charge is -2.15. The van der Waals surface area contributed by atoms with Crippen LogP contribution in [0.3, 0.4) is 0 Å². The molecule has 20 heavy (non-hydrogen) atoms. The van der Waals surface area contributed by atoms with Crippen molar-refractivity contribution in [3.05, 3.63) is 69.7 Å². The van der Waals surface area contributed by atoms with Crippen molar-refractivity contribution in [3.63, 3.8) is 0 Å². The summed E-state index contributed by atoms with van der Waals surface area (Å²) in [5.41, 5.74) is 1.90. The number of benzene rings is 2. The molecule has 0 aliphatic heterocycles. The molecule has 0 spiro atoms. The molecule has 0 amide bonds. The normalized spacial score (nSPS) is 12.4. The van der Waals surface area contributed by atoms with Gasteiger partial charge in [0.05, 0.1) is 4.47 Å². The van der Waals surface area contributed by atoms with Crippen molar-refractivity contribution in [2.75, 3.05) is 5.33 Å². The zero-order valence-electron chi connectivity index (χ0n) is 10.8. The smallest absolute Gasteiger partial charge is 0.137 e. The molecule has 0 N–H and O–H groups in total. The number of hydrogen-bond acceptors (Lipinski definition) is 0. The molecule has 0 aliphatic rings. The second-order valence-corrected chi connectivity index (χ2v) is 6.21. The van der Waals surface area contributed by atoms with Gasteiger partial charge in [0.1, 0.15) is 11.6 Å². The standard InChI is InChI=1S/C16H14Br2F2/c17-10-12(7-11-3-1-5-14(19)9-11)8-13-4-2-6-15(20)16(13)18/h1-6,9,12H,7-8,10H2. The van der Waals surface area contributed by atoms with E-state index in [-0.39, 0.29) is 17.6 Å². The van der Waals surface area contributed by atoms with Crippen molar-refractivity contribution in [1.82, 2.24) is 0 Å². The number of halogens is 4. The van der Waals surface area contributed by atoms with Gasteiger partial charge in [0.15, 0.2) is 0 Å².